The molecule has 0 amide bonds. The number of hydrogen-bond donors (Lipinski definition) is 0. The van der Waals surface area contributed by atoms with Crippen LogP contribution in [-0.4, -0.2) is 24.5 Å². The van der Waals surface area contributed by atoms with Crippen molar-refractivity contribution in [2.24, 2.45) is 0 Å². The third kappa shape index (κ3) is 2.78. The Bertz CT molecular complexity index is 798. The van der Waals surface area contributed by atoms with Gasteiger partial charge in [0.15, 0.2) is 11.9 Å². The molecule has 1 unspecified atom stereocenters. The van der Waals surface area contributed by atoms with Crippen molar-refractivity contribution in [3.05, 3.63) is 40.2 Å². The van der Waals surface area contributed by atoms with Crippen LogP contribution in [0.5, 0.6) is 5.75 Å². The lowest BCUT2D eigenvalue weighted by Gasteiger charge is -2.09. The zero-order valence-electron chi connectivity index (χ0n) is 12.0. The van der Waals surface area contributed by atoms with Gasteiger partial charge in [-0.3, -0.25) is 4.79 Å². The highest BCUT2D eigenvalue weighted by molar-refractivity contribution is 5.96. The molecule has 1 aromatic heterocycles. The monoisotopic (exact) mass is 302 g/mol. The maximum absolute atomic E-state index is 11.9. The van der Waals surface area contributed by atoms with Crippen molar-refractivity contribution in [2.75, 3.05) is 6.61 Å². The molecule has 0 radical (unpaired) electrons. The fourth-order valence-electron chi connectivity index (χ4n) is 2.35. The molecule has 1 aliphatic heterocycles. The van der Waals surface area contributed by atoms with Crippen molar-refractivity contribution in [1.82, 2.24) is 0 Å². The van der Waals surface area contributed by atoms with Crippen LogP contribution in [0.1, 0.15) is 30.1 Å². The fraction of sp³-hybridized carbons (Fsp3) is 0.312. The smallest absolute Gasteiger partial charge is 0.347 e. The van der Waals surface area contributed by atoms with Gasteiger partial charge in [-0.2, -0.15) is 0 Å². The molecule has 1 saturated heterocycles. The highest BCUT2D eigenvalue weighted by Crippen LogP contribution is 2.22. The van der Waals surface area contributed by atoms with Gasteiger partial charge in [0.1, 0.15) is 16.9 Å². The summed E-state index contributed by atoms with van der Waals surface area (Å²) < 4.78 is 15.6. The maximum atomic E-state index is 11.9. The predicted octanol–water partition coefficient (Wildman–Crippen LogP) is 2.08. The Kier molecular flexibility index (Phi) is 3.77. The van der Waals surface area contributed by atoms with Crippen LogP contribution in [0, 0.1) is 0 Å². The minimum absolute atomic E-state index is 0.00315. The zero-order chi connectivity index (χ0) is 15.7. The first-order valence-electron chi connectivity index (χ1n) is 6.97. The van der Waals surface area contributed by atoms with Crippen LogP contribution in [0.4, 0.5) is 0 Å². The van der Waals surface area contributed by atoms with Gasteiger partial charge in [0, 0.05) is 18.1 Å². The first-order valence-corrected chi connectivity index (χ1v) is 6.97. The molecule has 2 aromatic rings. The summed E-state index contributed by atoms with van der Waals surface area (Å²) in [5.74, 6) is -0.546. The van der Waals surface area contributed by atoms with Gasteiger partial charge in [-0.25, -0.2) is 9.59 Å². The van der Waals surface area contributed by atoms with Gasteiger partial charge in [0.25, 0.3) is 0 Å². The first kappa shape index (κ1) is 14.5. The lowest BCUT2D eigenvalue weighted by atomic mass is 10.1. The molecule has 1 aromatic carbocycles. The van der Waals surface area contributed by atoms with Crippen LogP contribution in [-0.2, 0) is 9.53 Å². The van der Waals surface area contributed by atoms with Crippen molar-refractivity contribution in [3.8, 4) is 5.75 Å². The zero-order valence-corrected chi connectivity index (χ0v) is 12.0. The van der Waals surface area contributed by atoms with Crippen LogP contribution < -0.4 is 10.4 Å². The highest BCUT2D eigenvalue weighted by atomic mass is 16.6. The van der Waals surface area contributed by atoms with Crippen LogP contribution in [0.25, 0.3) is 11.0 Å². The Morgan fingerprint density at radius 1 is 1.27 bits per heavy atom. The van der Waals surface area contributed by atoms with Gasteiger partial charge in [0.05, 0.1) is 0 Å². The Morgan fingerprint density at radius 2 is 2.09 bits per heavy atom. The molecular weight excluding hydrogens is 288 g/mol. The van der Waals surface area contributed by atoms with Crippen molar-refractivity contribution < 1.29 is 23.5 Å². The number of Topliss-reactive ketones (excluding diaryl/α,β-unsaturated/α-hetero) is 1. The molecule has 0 saturated carbocycles. The maximum Gasteiger partial charge on any atom is 0.347 e. The van der Waals surface area contributed by atoms with E-state index in [9.17, 15) is 14.4 Å². The number of rotatable bonds is 3. The number of esters is 1. The van der Waals surface area contributed by atoms with E-state index in [2.05, 4.69) is 0 Å². The number of carbonyl (C=O) groups is 2. The van der Waals surface area contributed by atoms with E-state index < -0.39 is 17.7 Å². The summed E-state index contributed by atoms with van der Waals surface area (Å²) in [6, 6.07) is 6.13. The quantitative estimate of drug-likeness (QED) is 0.373. The molecule has 0 bridgehead atoms. The Balaban J connectivity index is 1.89. The number of hydrogen-bond acceptors (Lipinski definition) is 6. The molecular formula is C16H14O6. The van der Waals surface area contributed by atoms with E-state index >= 15 is 0 Å². The highest BCUT2D eigenvalue weighted by Gasteiger charge is 2.25. The van der Waals surface area contributed by atoms with Crippen LogP contribution in [0.3, 0.4) is 0 Å². The Labute approximate surface area is 125 Å². The van der Waals surface area contributed by atoms with Crippen molar-refractivity contribution >= 4 is 22.7 Å². The standard InChI is InChI=1S/C16H14O6/c1-9(17)12-7-10-4-5-11(8-14(10)22-15(12)18)21-16(19)13-3-2-6-20-13/h4-5,7-8,13H,2-3,6H2,1H3. The molecule has 0 N–H and O–H groups in total. The van der Waals surface area contributed by atoms with E-state index in [1.54, 1.807) is 12.1 Å². The molecule has 22 heavy (non-hydrogen) atoms. The normalized spacial score (nSPS) is 17.6. The van der Waals surface area contributed by atoms with E-state index in [0.29, 0.717) is 18.4 Å². The number of ketones is 1. The average molecular weight is 302 g/mol. The third-order valence-electron chi connectivity index (χ3n) is 3.50. The van der Waals surface area contributed by atoms with E-state index in [1.807, 2.05) is 0 Å². The largest absolute Gasteiger partial charge is 0.424 e. The molecule has 0 aliphatic carbocycles. The van der Waals surface area contributed by atoms with E-state index in [0.717, 1.165) is 6.42 Å². The lowest BCUT2D eigenvalue weighted by Crippen LogP contribution is -2.24. The lowest BCUT2D eigenvalue weighted by molar-refractivity contribution is -0.144. The Morgan fingerprint density at radius 3 is 2.77 bits per heavy atom. The fourth-order valence-corrected chi connectivity index (χ4v) is 2.35. The topological polar surface area (TPSA) is 82.8 Å². The molecule has 2 heterocycles. The van der Waals surface area contributed by atoms with Crippen LogP contribution in [0.15, 0.2) is 33.5 Å². The van der Waals surface area contributed by atoms with E-state index in [1.165, 1.54) is 19.1 Å². The average Bonchev–Trinajstić information content (AvgIpc) is 3.00. The van der Waals surface area contributed by atoms with Crippen LogP contribution in [0.2, 0.25) is 0 Å². The van der Waals surface area contributed by atoms with Gasteiger partial charge in [-0.05, 0) is 38.0 Å². The van der Waals surface area contributed by atoms with Crippen LogP contribution >= 0.6 is 0 Å². The van der Waals surface area contributed by atoms with E-state index in [4.69, 9.17) is 13.9 Å². The predicted molar refractivity (Wildman–Crippen MR) is 77.1 cm³/mol. The SMILES string of the molecule is CC(=O)c1cc2ccc(OC(=O)C3CCCO3)cc2oc1=O. The molecule has 6 heteroatoms. The summed E-state index contributed by atoms with van der Waals surface area (Å²) in [7, 11) is 0. The summed E-state index contributed by atoms with van der Waals surface area (Å²) in [4.78, 5) is 34.9. The molecule has 1 aliphatic rings. The van der Waals surface area contributed by atoms with Crippen molar-refractivity contribution in [2.45, 2.75) is 25.9 Å². The van der Waals surface area contributed by atoms with Crippen molar-refractivity contribution in [1.29, 1.82) is 0 Å². The molecule has 114 valence electrons. The second-order valence-electron chi connectivity index (χ2n) is 5.13. The molecule has 0 spiro atoms. The minimum atomic E-state index is -0.706. The minimum Gasteiger partial charge on any atom is -0.424 e. The van der Waals surface area contributed by atoms with E-state index in [-0.39, 0.29) is 22.7 Å². The van der Waals surface area contributed by atoms with Gasteiger partial charge in [-0.15, -0.1) is 0 Å². The molecule has 3 rings (SSSR count). The summed E-state index contributed by atoms with van der Waals surface area (Å²) in [5.41, 5.74) is -0.452. The summed E-state index contributed by atoms with van der Waals surface area (Å²) >= 11 is 0. The van der Waals surface area contributed by atoms with Gasteiger partial charge in [0.2, 0.25) is 0 Å². The number of fused-ring (bicyclic) bond motifs is 1. The number of benzene rings is 1. The second kappa shape index (κ2) is 5.73. The van der Waals surface area contributed by atoms with Gasteiger partial charge in [-0.1, -0.05) is 0 Å². The third-order valence-corrected chi connectivity index (χ3v) is 3.50. The molecule has 6 nitrogen and oxygen atoms in total. The first-order chi connectivity index (χ1) is 10.5. The Hall–Kier alpha value is -2.47. The van der Waals surface area contributed by atoms with Crippen molar-refractivity contribution in [3.63, 3.8) is 0 Å². The van der Waals surface area contributed by atoms with Gasteiger partial charge < -0.3 is 13.9 Å². The molecule has 1 atom stereocenters. The summed E-state index contributed by atoms with van der Waals surface area (Å²) in [6.07, 6.45) is 0.937. The summed E-state index contributed by atoms with van der Waals surface area (Å²) in [5, 5.41) is 0.585. The number of ether oxygens (including phenoxy) is 2. The molecule has 1 fully saturated rings. The van der Waals surface area contributed by atoms with Gasteiger partial charge >= 0.3 is 11.6 Å². The summed E-state index contributed by atoms with van der Waals surface area (Å²) in [6.45, 7) is 1.86. The second-order valence-corrected chi connectivity index (χ2v) is 5.13. The number of carbonyl (C=O) groups excluding carboxylic acids is 2.